The molecular formula is C13H17N3O2. The number of rotatable bonds is 3. The highest BCUT2D eigenvalue weighted by Crippen LogP contribution is 2.21. The minimum absolute atomic E-state index is 0.0909. The number of anilines is 1. The molecule has 1 atom stereocenters. The highest BCUT2D eigenvalue weighted by molar-refractivity contribution is 6.07. The maximum Gasteiger partial charge on any atom is 0.252 e. The summed E-state index contributed by atoms with van der Waals surface area (Å²) in [6.45, 7) is 5.62. The zero-order valence-electron chi connectivity index (χ0n) is 10.8. The lowest BCUT2D eigenvalue weighted by Gasteiger charge is -2.19. The van der Waals surface area contributed by atoms with Crippen LogP contribution in [-0.2, 0) is 9.59 Å². The number of hydrogen-bond acceptors (Lipinski definition) is 4. The van der Waals surface area contributed by atoms with Crippen LogP contribution in [-0.4, -0.2) is 33.8 Å². The number of aromatic nitrogens is 1. The van der Waals surface area contributed by atoms with Crippen molar-refractivity contribution in [3.63, 3.8) is 0 Å². The van der Waals surface area contributed by atoms with E-state index in [2.05, 4.69) is 10.3 Å². The molecule has 2 heterocycles. The molecular weight excluding hydrogens is 230 g/mol. The van der Waals surface area contributed by atoms with E-state index in [0.717, 1.165) is 11.3 Å². The largest absolute Gasteiger partial charge is 0.372 e. The second-order valence-electron chi connectivity index (χ2n) is 4.79. The fourth-order valence-corrected chi connectivity index (χ4v) is 2.11. The number of amides is 2. The fourth-order valence-electron chi connectivity index (χ4n) is 2.11. The highest BCUT2D eigenvalue weighted by Gasteiger charge is 2.39. The Morgan fingerprint density at radius 2 is 2.17 bits per heavy atom. The molecule has 5 heteroatoms. The molecule has 0 saturated carbocycles. The van der Waals surface area contributed by atoms with Gasteiger partial charge in [0.25, 0.3) is 5.91 Å². The van der Waals surface area contributed by atoms with E-state index in [1.54, 1.807) is 12.4 Å². The Morgan fingerprint density at radius 3 is 2.72 bits per heavy atom. The summed E-state index contributed by atoms with van der Waals surface area (Å²) in [7, 11) is 0. The fraction of sp³-hybridized carbons (Fsp3) is 0.462. The Bertz CT molecular complexity index is 485. The number of nitrogens with one attached hydrogen (secondary N) is 1. The molecule has 0 spiro atoms. The Labute approximate surface area is 106 Å². The lowest BCUT2D eigenvalue weighted by molar-refractivity contribution is -0.140. The van der Waals surface area contributed by atoms with Gasteiger partial charge in [0.2, 0.25) is 5.91 Å². The number of carbonyl (C=O) groups is 2. The SMILES string of the molecule is Cc1ccncc1NC1CC(=O)N(C(C)C)C1=O. The van der Waals surface area contributed by atoms with Crippen molar-refractivity contribution >= 4 is 17.5 Å². The van der Waals surface area contributed by atoms with Gasteiger partial charge < -0.3 is 5.32 Å². The summed E-state index contributed by atoms with van der Waals surface area (Å²) in [5.41, 5.74) is 1.81. The number of aryl methyl sites for hydroxylation is 1. The van der Waals surface area contributed by atoms with E-state index in [-0.39, 0.29) is 24.3 Å². The molecule has 1 aliphatic heterocycles. The predicted octanol–water partition coefficient (Wildman–Crippen LogP) is 1.34. The minimum Gasteiger partial charge on any atom is -0.372 e. The second-order valence-corrected chi connectivity index (χ2v) is 4.79. The van der Waals surface area contributed by atoms with Gasteiger partial charge in [0, 0.05) is 12.2 Å². The minimum atomic E-state index is -0.470. The van der Waals surface area contributed by atoms with E-state index >= 15 is 0 Å². The lowest BCUT2D eigenvalue weighted by atomic mass is 10.2. The van der Waals surface area contributed by atoms with Crippen LogP contribution in [0.1, 0.15) is 25.8 Å². The molecule has 1 aromatic heterocycles. The summed E-state index contributed by atoms with van der Waals surface area (Å²) in [4.78, 5) is 29.2. The number of nitrogens with zero attached hydrogens (tertiary/aromatic N) is 2. The van der Waals surface area contributed by atoms with Crippen molar-refractivity contribution in [3.05, 3.63) is 24.0 Å². The molecule has 1 unspecified atom stereocenters. The van der Waals surface area contributed by atoms with Gasteiger partial charge in [-0.15, -0.1) is 0 Å². The molecule has 2 rings (SSSR count). The molecule has 5 nitrogen and oxygen atoms in total. The maximum atomic E-state index is 12.1. The van der Waals surface area contributed by atoms with Crippen LogP contribution in [0.25, 0.3) is 0 Å². The Balaban J connectivity index is 2.15. The molecule has 1 aromatic rings. The van der Waals surface area contributed by atoms with Gasteiger partial charge >= 0.3 is 0 Å². The van der Waals surface area contributed by atoms with Gasteiger partial charge in [-0.25, -0.2) is 0 Å². The first-order valence-electron chi connectivity index (χ1n) is 6.03. The molecule has 96 valence electrons. The first-order valence-corrected chi connectivity index (χ1v) is 6.03. The summed E-state index contributed by atoms with van der Waals surface area (Å²) in [6, 6.07) is 1.30. The molecule has 0 aliphatic carbocycles. The third-order valence-electron chi connectivity index (χ3n) is 3.07. The third kappa shape index (κ3) is 2.20. The maximum absolute atomic E-state index is 12.1. The molecule has 1 saturated heterocycles. The Kier molecular flexibility index (Phi) is 3.32. The summed E-state index contributed by atoms with van der Waals surface area (Å²) < 4.78 is 0. The van der Waals surface area contributed by atoms with Gasteiger partial charge in [-0.1, -0.05) is 0 Å². The average molecular weight is 247 g/mol. The lowest BCUT2D eigenvalue weighted by Crippen LogP contribution is -2.39. The topological polar surface area (TPSA) is 62.3 Å². The van der Waals surface area contributed by atoms with Crippen LogP contribution < -0.4 is 5.32 Å². The van der Waals surface area contributed by atoms with Gasteiger partial charge in [-0.05, 0) is 32.4 Å². The number of imide groups is 1. The molecule has 1 aliphatic rings. The van der Waals surface area contributed by atoms with Gasteiger partial charge in [-0.3, -0.25) is 19.5 Å². The molecule has 18 heavy (non-hydrogen) atoms. The first-order chi connectivity index (χ1) is 8.50. The zero-order chi connectivity index (χ0) is 13.3. The van der Waals surface area contributed by atoms with Crippen LogP contribution in [0.5, 0.6) is 0 Å². The van der Waals surface area contributed by atoms with Crippen LogP contribution in [0.15, 0.2) is 18.5 Å². The van der Waals surface area contributed by atoms with Crippen molar-refractivity contribution in [1.82, 2.24) is 9.88 Å². The van der Waals surface area contributed by atoms with Crippen LogP contribution in [0.3, 0.4) is 0 Å². The predicted molar refractivity (Wildman–Crippen MR) is 68.0 cm³/mol. The smallest absolute Gasteiger partial charge is 0.252 e. The molecule has 0 bridgehead atoms. The summed E-state index contributed by atoms with van der Waals surface area (Å²) in [5, 5.41) is 3.10. The van der Waals surface area contributed by atoms with Crippen molar-refractivity contribution in [2.45, 2.75) is 39.3 Å². The standard InChI is InChI=1S/C13H17N3O2/c1-8(2)16-12(17)6-10(13(16)18)15-11-7-14-5-4-9(11)3/h4-5,7-8,10,15H,6H2,1-3H3. The van der Waals surface area contributed by atoms with E-state index in [0.29, 0.717) is 0 Å². The number of pyridine rings is 1. The van der Waals surface area contributed by atoms with Gasteiger partial charge in [-0.2, -0.15) is 0 Å². The van der Waals surface area contributed by atoms with Gasteiger partial charge in [0.15, 0.2) is 0 Å². The van der Waals surface area contributed by atoms with E-state index in [9.17, 15) is 9.59 Å². The van der Waals surface area contributed by atoms with Crippen molar-refractivity contribution in [2.75, 3.05) is 5.32 Å². The zero-order valence-corrected chi connectivity index (χ0v) is 10.8. The van der Waals surface area contributed by atoms with E-state index in [1.807, 2.05) is 26.8 Å². The van der Waals surface area contributed by atoms with Crippen LogP contribution >= 0.6 is 0 Å². The molecule has 2 amide bonds. The molecule has 0 aromatic carbocycles. The first kappa shape index (κ1) is 12.5. The average Bonchev–Trinajstić information content (AvgIpc) is 2.57. The van der Waals surface area contributed by atoms with Gasteiger partial charge in [0.1, 0.15) is 6.04 Å². The van der Waals surface area contributed by atoms with E-state index in [1.165, 1.54) is 4.90 Å². The quantitative estimate of drug-likeness (QED) is 0.819. The van der Waals surface area contributed by atoms with Gasteiger partial charge in [0.05, 0.1) is 18.3 Å². The van der Waals surface area contributed by atoms with Crippen LogP contribution in [0, 0.1) is 6.92 Å². The number of likely N-dealkylation sites (tertiary alicyclic amines) is 1. The Hall–Kier alpha value is -1.91. The summed E-state index contributed by atoms with van der Waals surface area (Å²) in [5.74, 6) is -0.271. The highest BCUT2D eigenvalue weighted by atomic mass is 16.2. The molecule has 0 radical (unpaired) electrons. The van der Waals surface area contributed by atoms with Crippen molar-refractivity contribution in [3.8, 4) is 0 Å². The number of carbonyl (C=O) groups excluding carboxylic acids is 2. The summed E-state index contributed by atoms with van der Waals surface area (Å²) >= 11 is 0. The van der Waals surface area contributed by atoms with Crippen LogP contribution in [0.4, 0.5) is 5.69 Å². The third-order valence-corrected chi connectivity index (χ3v) is 3.07. The van der Waals surface area contributed by atoms with Crippen molar-refractivity contribution in [1.29, 1.82) is 0 Å². The summed E-state index contributed by atoms with van der Waals surface area (Å²) in [6.07, 6.45) is 3.58. The van der Waals surface area contributed by atoms with E-state index in [4.69, 9.17) is 0 Å². The monoisotopic (exact) mass is 247 g/mol. The van der Waals surface area contributed by atoms with Crippen LogP contribution in [0.2, 0.25) is 0 Å². The van der Waals surface area contributed by atoms with Crippen molar-refractivity contribution in [2.24, 2.45) is 0 Å². The van der Waals surface area contributed by atoms with Crippen molar-refractivity contribution < 1.29 is 9.59 Å². The van der Waals surface area contributed by atoms with E-state index < -0.39 is 6.04 Å². The normalized spacial score (nSPS) is 19.8. The molecule has 1 N–H and O–H groups in total. The Morgan fingerprint density at radius 1 is 1.44 bits per heavy atom. The molecule has 1 fully saturated rings. The number of hydrogen-bond donors (Lipinski definition) is 1. The second kappa shape index (κ2) is 4.76.